The van der Waals surface area contributed by atoms with Gasteiger partial charge in [-0.1, -0.05) is 48.5 Å². The Labute approximate surface area is 150 Å². The van der Waals surface area contributed by atoms with Gasteiger partial charge in [0.2, 0.25) is 11.8 Å². The van der Waals surface area contributed by atoms with Crippen LogP contribution in [0.4, 0.5) is 0 Å². The molecule has 130 valence electrons. The summed E-state index contributed by atoms with van der Waals surface area (Å²) >= 11 is 0. The van der Waals surface area contributed by atoms with Crippen molar-refractivity contribution in [1.29, 1.82) is 0 Å². The van der Waals surface area contributed by atoms with Crippen molar-refractivity contribution in [3.8, 4) is 5.69 Å². The minimum atomic E-state index is -0.858. The number of rotatable bonds is 4. The second-order valence-electron chi connectivity index (χ2n) is 6.50. The molecular formula is C19H17N5O2. The van der Waals surface area contributed by atoms with Crippen LogP contribution in [0.15, 0.2) is 60.7 Å². The number of benzene rings is 2. The lowest BCUT2D eigenvalue weighted by Gasteiger charge is -2.22. The third-order valence-corrected chi connectivity index (χ3v) is 4.77. The van der Waals surface area contributed by atoms with Gasteiger partial charge in [0.05, 0.1) is 17.6 Å². The van der Waals surface area contributed by atoms with E-state index in [1.54, 1.807) is 4.68 Å². The highest BCUT2D eigenvalue weighted by atomic mass is 16.2. The van der Waals surface area contributed by atoms with Crippen molar-refractivity contribution in [3.63, 3.8) is 0 Å². The number of imide groups is 1. The fourth-order valence-electron chi connectivity index (χ4n) is 3.29. The predicted octanol–water partition coefficient (Wildman–Crippen LogP) is 1.88. The topological polar surface area (TPSA) is 81.0 Å². The average Bonchev–Trinajstić information content (AvgIpc) is 3.22. The van der Waals surface area contributed by atoms with Gasteiger partial charge >= 0.3 is 0 Å². The van der Waals surface area contributed by atoms with E-state index in [-0.39, 0.29) is 24.8 Å². The van der Waals surface area contributed by atoms with Gasteiger partial charge in [-0.05, 0) is 35.0 Å². The number of hydrogen-bond donors (Lipinski definition) is 0. The molecule has 0 radical (unpaired) electrons. The minimum absolute atomic E-state index is 0.0436. The zero-order chi connectivity index (χ0) is 18.1. The number of carbonyl (C=O) groups is 2. The lowest BCUT2D eigenvalue weighted by molar-refractivity contribution is -0.140. The molecule has 0 aliphatic carbocycles. The molecule has 0 N–H and O–H groups in total. The van der Waals surface area contributed by atoms with Crippen LogP contribution in [0.2, 0.25) is 0 Å². The van der Waals surface area contributed by atoms with Crippen molar-refractivity contribution < 1.29 is 9.59 Å². The summed E-state index contributed by atoms with van der Waals surface area (Å²) in [5.74, 6) is -0.00418. The smallest absolute Gasteiger partial charge is 0.240 e. The average molecular weight is 347 g/mol. The van der Waals surface area contributed by atoms with E-state index in [2.05, 4.69) is 15.5 Å². The first-order valence-electron chi connectivity index (χ1n) is 8.32. The van der Waals surface area contributed by atoms with Crippen molar-refractivity contribution in [2.45, 2.75) is 25.3 Å². The van der Waals surface area contributed by atoms with E-state index in [0.29, 0.717) is 5.82 Å². The molecule has 0 spiro atoms. The maximum absolute atomic E-state index is 13.0. The molecule has 1 saturated heterocycles. The van der Waals surface area contributed by atoms with Crippen LogP contribution in [0.25, 0.3) is 5.69 Å². The summed E-state index contributed by atoms with van der Waals surface area (Å²) in [5, 5.41) is 11.7. The third kappa shape index (κ3) is 2.57. The molecule has 0 bridgehead atoms. The van der Waals surface area contributed by atoms with Gasteiger partial charge in [-0.2, -0.15) is 4.68 Å². The Bertz CT molecular complexity index is 954. The minimum Gasteiger partial charge on any atom is -0.274 e. The molecule has 2 heterocycles. The second kappa shape index (κ2) is 6.18. The second-order valence-corrected chi connectivity index (χ2v) is 6.50. The first kappa shape index (κ1) is 16.1. The van der Waals surface area contributed by atoms with Gasteiger partial charge < -0.3 is 0 Å². The summed E-state index contributed by atoms with van der Waals surface area (Å²) in [6, 6.07) is 18.8. The van der Waals surface area contributed by atoms with Gasteiger partial charge in [0.25, 0.3) is 0 Å². The molecule has 1 aliphatic heterocycles. The van der Waals surface area contributed by atoms with Crippen LogP contribution in [0, 0.1) is 0 Å². The van der Waals surface area contributed by atoms with E-state index >= 15 is 0 Å². The van der Waals surface area contributed by atoms with Crippen LogP contribution in [-0.2, 0) is 21.5 Å². The molecule has 1 unspecified atom stereocenters. The number of nitrogens with zero attached hydrogens (tertiary/aromatic N) is 5. The van der Waals surface area contributed by atoms with E-state index in [1.165, 1.54) is 4.90 Å². The Hall–Kier alpha value is -3.35. The number of hydrogen-bond acceptors (Lipinski definition) is 5. The molecular weight excluding hydrogens is 330 g/mol. The van der Waals surface area contributed by atoms with Crippen LogP contribution in [0.1, 0.15) is 24.7 Å². The van der Waals surface area contributed by atoms with E-state index < -0.39 is 5.41 Å². The first-order valence-corrected chi connectivity index (χ1v) is 8.32. The lowest BCUT2D eigenvalue weighted by Crippen LogP contribution is -2.36. The molecule has 7 nitrogen and oxygen atoms in total. The predicted molar refractivity (Wildman–Crippen MR) is 93.1 cm³/mol. The molecule has 26 heavy (non-hydrogen) atoms. The van der Waals surface area contributed by atoms with Crippen molar-refractivity contribution in [1.82, 2.24) is 25.1 Å². The monoisotopic (exact) mass is 347 g/mol. The third-order valence-electron chi connectivity index (χ3n) is 4.77. The highest BCUT2D eigenvalue weighted by molar-refractivity contribution is 6.08. The summed E-state index contributed by atoms with van der Waals surface area (Å²) in [4.78, 5) is 26.9. The molecule has 1 aromatic heterocycles. The Morgan fingerprint density at radius 3 is 2.35 bits per heavy atom. The number of aromatic nitrogens is 4. The largest absolute Gasteiger partial charge is 0.274 e. The van der Waals surface area contributed by atoms with E-state index in [1.807, 2.05) is 67.6 Å². The van der Waals surface area contributed by atoms with Gasteiger partial charge in [-0.25, -0.2) is 0 Å². The molecule has 1 aliphatic rings. The van der Waals surface area contributed by atoms with E-state index in [4.69, 9.17) is 0 Å². The molecule has 1 atom stereocenters. The summed E-state index contributed by atoms with van der Waals surface area (Å²) in [6.45, 7) is 1.85. The van der Waals surface area contributed by atoms with Gasteiger partial charge in [0, 0.05) is 6.42 Å². The molecule has 7 heteroatoms. The fraction of sp³-hybridized carbons (Fsp3) is 0.211. The molecule has 2 amide bonds. The van der Waals surface area contributed by atoms with Crippen LogP contribution < -0.4 is 0 Å². The zero-order valence-electron chi connectivity index (χ0n) is 14.2. The summed E-state index contributed by atoms with van der Waals surface area (Å²) in [5.41, 5.74) is 0.754. The number of para-hydroxylation sites is 1. The number of amides is 2. The first-order chi connectivity index (χ1) is 12.6. The summed E-state index contributed by atoms with van der Waals surface area (Å²) in [7, 11) is 0. The van der Waals surface area contributed by atoms with Crippen molar-refractivity contribution in [2.75, 3.05) is 0 Å². The number of carbonyl (C=O) groups excluding carboxylic acids is 2. The van der Waals surface area contributed by atoms with Crippen molar-refractivity contribution in [2.24, 2.45) is 0 Å². The maximum Gasteiger partial charge on any atom is 0.240 e. The van der Waals surface area contributed by atoms with Gasteiger partial charge in [-0.15, -0.1) is 5.10 Å². The Balaban J connectivity index is 1.64. The number of tetrazole rings is 1. The Morgan fingerprint density at radius 2 is 1.65 bits per heavy atom. The standard InChI is InChI=1S/C19H17N5O2/c1-19(14-8-4-2-5-9-14)12-17(25)23(18(19)26)13-16-20-21-22-24(16)15-10-6-3-7-11-15/h2-11H,12-13H2,1H3. The highest BCUT2D eigenvalue weighted by Gasteiger charge is 2.49. The van der Waals surface area contributed by atoms with Crippen LogP contribution in [0.5, 0.6) is 0 Å². The Morgan fingerprint density at radius 1 is 1.00 bits per heavy atom. The number of likely N-dealkylation sites (tertiary alicyclic amines) is 1. The van der Waals surface area contributed by atoms with Crippen molar-refractivity contribution in [3.05, 3.63) is 72.1 Å². The molecule has 1 fully saturated rings. The van der Waals surface area contributed by atoms with Crippen LogP contribution in [0.3, 0.4) is 0 Å². The van der Waals surface area contributed by atoms with Crippen LogP contribution in [-0.4, -0.2) is 36.9 Å². The molecule has 3 aromatic rings. The Kier molecular flexibility index (Phi) is 3.84. The van der Waals surface area contributed by atoms with Crippen molar-refractivity contribution >= 4 is 11.8 Å². The quantitative estimate of drug-likeness (QED) is 0.673. The molecule has 0 saturated carbocycles. The lowest BCUT2D eigenvalue weighted by atomic mass is 9.81. The van der Waals surface area contributed by atoms with Gasteiger partial charge in [0.15, 0.2) is 5.82 Å². The highest BCUT2D eigenvalue weighted by Crippen LogP contribution is 2.36. The van der Waals surface area contributed by atoms with E-state index in [0.717, 1.165) is 11.3 Å². The zero-order valence-corrected chi connectivity index (χ0v) is 14.2. The fourth-order valence-corrected chi connectivity index (χ4v) is 3.29. The summed E-state index contributed by atoms with van der Waals surface area (Å²) < 4.78 is 1.54. The van der Waals surface area contributed by atoms with E-state index in [9.17, 15) is 9.59 Å². The van der Waals surface area contributed by atoms with Gasteiger partial charge in [0.1, 0.15) is 0 Å². The molecule has 2 aromatic carbocycles. The SMILES string of the molecule is CC1(c2ccccc2)CC(=O)N(Cc2nnnn2-c2ccccc2)C1=O. The summed E-state index contributed by atoms with van der Waals surface area (Å²) in [6.07, 6.45) is 0.142. The van der Waals surface area contributed by atoms with Gasteiger partial charge in [-0.3, -0.25) is 14.5 Å². The molecule has 4 rings (SSSR count). The van der Waals surface area contributed by atoms with Crippen LogP contribution >= 0.6 is 0 Å². The normalized spacial score (nSPS) is 20.0. The maximum atomic E-state index is 13.0.